The van der Waals surface area contributed by atoms with E-state index in [0.717, 1.165) is 9.47 Å². The minimum Gasteiger partial charge on any atom is -0.501 e. The van der Waals surface area contributed by atoms with E-state index in [-0.39, 0.29) is 43.6 Å². The number of aromatic hydroxyl groups is 1. The Balaban J connectivity index is 1.74. The molecule has 5 rings (SSSR count). The monoisotopic (exact) mass is 503 g/mol. The van der Waals surface area contributed by atoms with Crippen molar-refractivity contribution in [1.29, 1.82) is 0 Å². The first-order valence-electron chi connectivity index (χ1n) is 11.5. The number of rotatable bonds is 4. The molecule has 1 saturated carbocycles. The maximum Gasteiger partial charge on any atom is 0.311 e. The molecule has 0 radical (unpaired) electrons. The first kappa shape index (κ1) is 25.3. The molecular weight excluding hydrogens is 476 g/mol. The summed E-state index contributed by atoms with van der Waals surface area (Å²) in [6.45, 7) is 0.915. The second kappa shape index (κ2) is 8.99. The van der Waals surface area contributed by atoms with Gasteiger partial charge in [-0.15, -0.1) is 0 Å². The largest absolute Gasteiger partial charge is 0.501 e. The fourth-order valence-electron chi connectivity index (χ4n) is 4.76. The van der Waals surface area contributed by atoms with Crippen LogP contribution in [0.3, 0.4) is 0 Å². The molecule has 1 aromatic heterocycles. The smallest absolute Gasteiger partial charge is 0.311 e. The van der Waals surface area contributed by atoms with E-state index in [0.29, 0.717) is 5.56 Å². The molecule has 12 heteroatoms. The summed E-state index contributed by atoms with van der Waals surface area (Å²) in [6, 6.07) is 4.67. The average molecular weight is 504 g/mol. The molecule has 0 unspecified atom stereocenters. The van der Waals surface area contributed by atoms with Crippen LogP contribution in [0.4, 0.5) is 8.78 Å². The lowest BCUT2D eigenvalue weighted by atomic mass is 9.76. The van der Waals surface area contributed by atoms with Gasteiger partial charge >= 0.3 is 11.8 Å². The third-order valence-electron chi connectivity index (χ3n) is 6.89. The number of carbonyl (C=O) groups excluding carboxylic acids is 3. The molecule has 192 valence electrons. The van der Waals surface area contributed by atoms with Gasteiger partial charge in [0.05, 0.1) is 12.1 Å². The molecule has 0 atom stereocenters. The number of likely N-dealkylation sites (N-methyl/N-ethyl adjacent to an activating group) is 1. The number of fused-ring (bicyclic) bond motifs is 2. The predicted octanol–water partition coefficient (Wildman–Crippen LogP) is 1.02. The van der Waals surface area contributed by atoms with Crippen LogP contribution < -0.4 is 16.2 Å². The van der Waals surface area contributed by atoms with E-state index < -0.39 is 58.3 Å². The van der Waals surface area contributed by atoms with Crippen LogP contribution in [-0.2, 0) is 28.2 Å². The van der Waals surface area contributed by atoms with Crippen molar-refractivity contribution in [2.45, 2.75) is 56.9 Å². The van der Waals surface area contributed by atoms with E-state index in [9.17, 15) is 28.7 Å². The molecule has 3 aliphatic rings. The van der Waals surface area contributed by atoms with E-state index >= 15 is 4.39 Å². The zero-order valence-electron chi connectivity index (χ0n) is 20.2. The van der Waals surface area contributed by atoms with Gasteiger partial charge in [-0.25, -0.2) is 13.8 Å². The zero-order valence-corrected chi connectivity index (χ0v) is 20.2. The molecule has 0 saturated heterocycles. The van der Waals surface area contributed by atoms with E-state index in [2.05, 4.69) is 15.6 Å². The third kappa shape index (κ3) is 4.31. The Hall–Kier alpha value is -3.83. The number of aryl methyl sites for hydroxylation is 1. The normalized spacial score (nSPS) is 22.4. The van der Waals surface area contributed by atoms with Gasteiger partial charge in [0, 0.05) is 26.2 Å². The second-order valence-corrected chi connectivity index (χ2v) is 9.64. The first-order valence-corrected chi connectivity index (χ1v) is 11.5. The molecular formula is C24H27F2N5O5. The number of halogens is 2. The van der Waals surface area contributed by atoms with Gasteiger partial charge in [0.25, 0.3) is 11.5 Å². The van der Waals surface area contributed by atoms with E-state index in [1.165, 1.54) is 20.2 Å². The highest BCUT2D eigenvalue weighted by Gasteiger charge is 2.52. The van der Waals surface area contributed by atoms with Gasteiger partial charge in [-0.05, 0) is 38.2 Å². The Bertz CT molecular complexity index is 1310. The molecule has 3 N–H and O–H groups in total. The van der Waals surface area contributed by atoms with Crippen LogP contribution in [0.15, 0.2) is 23.0 Å². The van der Waals surface area contributed by atoms with Crippen LogP contribution in [-0.4, -0.2) is 57.0 Å². The molecule has 1 fully saturated rings. The first-order chi connectivity index (χ1) is 16.9. The summed E-state index contributed by atoms with van der Waals surface area (Å²) >= 11 is 0. The van der Waals surface area contributed by atoms with Gasteiger partial charge in [0.1, 0.15) is 17.3 Å². The lowest BCUT2D eigenvalue weighted by Gasteiger charge is -2.38. The molecule has 36 heavy (non-hydrogen) atoms. The number of nitrogens with one attached hydrogen (secondary N) is 2. The van der Waals surface area contributed by atoms with Gasteiger partial charge in [0.15, 0.2) is 5.69 Å². The summed E-state index contributed by atoms with van der Waals surface area (Å²) in [5.41, 5.74) is -4.29. The molecule has 2 bridgehead atoms. The Morgan fingerprint density at radius 1 is 1.19 bits per heavy atom. The molecule has 2 aromatic rings. The highest BCUT2D eigenvalue weighted by Crippen LogP contribution is 2.46. The van der Waals surface area contributed by atoms with Crippen molar-refractivity contribution in [2.24, 2.45) is 0 Å². The molecule has 3 amide bonds. The number of alkyl halides is 1. The van der Waals surface area contributed by atoms with Crippen molar-refractivity contribution in [3.63, 3.8) is 0 Å². The maximum atomic E-state index is 15.5. The number of hydrogen-bond donors (Lipinski definition) is 3. The Kier molecular flexibility index (Phi) is 6.31. The Labute approximate surface area is 205 Å². The SMILES string of the molecule is Cc1cccc(CNC(=O)c2nc3n(c(=O)c2O)CC2(F)CCC3(NC(=O)C(=O)N(C)C)CC2)c1F. The van der Waals surface area contributed by atoms with Crippen molar-refractivity contribution in [1.82, 2.24) is 25.1 Å². The number of carbonyl (C=O) groups is 3. The number of benzene rings is 1. The molecule has 10 nitrogen and oxygen atoms in total. The molecule has 0 spiro atoms. The summed E-state index contributed by atoms with van der Waals surface area (Å²) < 4.78 is 30.7. The van der Waals surface area contributed by atoms with E-state index in [4.69, 9.17) is 0 Å². The molecule has 1 aromatic carbocycles. The van der Waals surface area contributed by atoms with Gasteiger partial charge in [-0.3, -0.25) is 23.7 Å². The van der Waals surface area contributed by atoms with Gasteiger partial charge < -0.3 is 20.6 Å². The van der Waals surface area contributed by atoms with Crippen LogP contribution in [0.1, 0.15) is 53.1 Å². The average Bonchev–Trinajstić information content (AvgIpc) is 3.03. The van der Waals surface area contributed by atoms with Crippen LogP contribution >= 0.6 is 0 Å². The van der Waals surface area contributed by atoms with Gasteiger partial charge in [0.2, 0.25) is 5.75 Å². The number of amides is 3. The number of hydrogen-bond acceptors (Lipinski definition) is 6. The van der Waals surface area contributed by atoms with Crippen LogP contribution in [0.25, 0.3) is 0 Å². The number of nitrogens with zero attached hydrogens (tertiary/aromatic N) is 3. The summed E-state index contributed by atoms with van der Waals surface area (Å²) in [5, 5.41) is 15.6. The van der Waals surface area contributed by atoms with Crippen molar-refractivity contribution >= 4 is 17.7 Å². The minimum absolute atomic E-state index is 0.0266. The van der Waals surface area contributed by atoms with Crippen molar-refractivity contribution in [3.8, 4) is 5.75 Å². The second-order valence-electron chi connectivity index (χ2n) is 9.64. The topological polar surface area (TPSA) is 134 Å². The van der Waals surface area contributed by atoms with Crippen molar-refractivity contribution < 1.29 is 28.3 Å². The molecule has 2 aliphatic heterocycles. The Morgan fingerprint density at radius 3 is 2.50 bits per heavy atom. The summed E-state index contributed by atoms with van der Waals surface area (Å²) in [6.07, 6.45) is 0.00771. The van der Waals surface area contributed by atoms with E-state index in [1.54, 1.807) is 19.1 Å². The fourth-order valence-corrected chi connectivity index (χ4v) is 4.76. The maximum absolute atomic E-state index is 15.5. The third-order valence-corrected chi connectivity index (χ3v) is 6.89. The van der Waals surface area contributed by atoms with Crippen LogP contribution in [0.2, 0.25) is 0 Å². The standard InChI is InChI=1S/C24H27F2N5O5/c1-13-5-4-6-14(15(13)25)11-27-18(33)16-17(32)20(35)31-12-23(26)7-9-24(10-8-23,22(31)28-16)29-19(34)21(36)30(2)3/h4-6,32H,7-12H2,1-3H3,(H,27,33)(H,29,34). The minimum atomic E-state index is -1.78. The highest BCUT2D eigenvalue weighted by atomic mass is 19.1. The van der Waals surface area contributed by atoms with E-state index in [1.807, 2.05) is 0 Å². The van der Waals surface area contributed by atoms with Crippen molar-refractivity contribution in [2.75, 3.05) is 14.1 Å². The van der Waals surface area contributed by atoms with Crippen LogP contribution in [0, 0.1) is 12.7 Å². The van der Waals surface area contributed by atoms with Crippen LogP contribution in [0.5, 0.6) is 5.75 Å². The lowest BCUT2D eigenvalue weighted by molar-refractivity contribution is -0.145. The lowest BCUT2D eigenvalue weighted by Crippen LogP contribution is -2.54. The predicted molar refractivity (Wildman–Crippen MR) is 123 cm³/mol. The zero-order chi connectivity index (χ0) is 26.4. The number of aromatic nitrogens is 2. The molecule has 3 heterocycles. The summed E-state index contributed by atoms with van der Waals surface area (Å²) in [5.74, 6) is -4.38. The van der Waals surface area contributed by atoms with Crippen molar-refractivity contribution in [3.05, 3.63) is 57.0 Å². The van der Waals surface area contributed by atoms with Gasteiger partial charge in [-0.1, -0.05) is 18.2 Å². The highest BCUT2D eigenvalue weighted by molar-refractivity contribution is 6.35. The Morgan fingerprint density at radius 2 is 1.86 bits per heavy atom. The fraction of sp³-hybridized carbons (Fsp3) is 0.458. The van der Waals surface area contributed by atoms with Gasteiger partial charge in [-0.2, -0.15) is 0 Å². The molecule has 1 aliphatic carbocycles. The quantitative estimate of drug-likeness (QED) is 0.534. The summed E-state index contributed by atoms with van der Waals surface area (Å²) in [7, 11) is 2.79. The summed E-state index contributed by atoms with van der Waals surface area (Å²) in [4.78, 5) is 56.2.